The largest absolute Gasteiger partial charge is 0.335 e. The van der Waals surface area contributed by atoms with Gasteiger partial charge in [0.15, 0.2) is 5.82 Å². The maximum atomic E-state index is 14.4. The van der Waals surface area contributed by atoms with Crippen LogP contribution in [-0.2, 0) is 13.0 Å². The van der Waals surface area contributed by atoms with E-state index in [1.807, 2.05) is 73.7 Å². The topological polar surface area (TPSA) is 98.7 Å². The first kappa shape index (κ1) is 28.2. The van der Waals surface area contributed by atoms with Crippen molar-refractivity contribution < 1.29 is 14.4 Å². The van der Waals surface area contributed by atoms with Gasteiger partial charge in [-0.1, -0.05) is 66.2 Å². The molecule has 0 atom stereocenters. The second-order valence-electron chi connectivity index (χ2n) is 10.9. The number of anilines is 5. The SMILES string of the molecule is Cc1cccc(Cl)c1N1Cc2cnc(Nc3ccccc3)nc2N(c2cccc(CCN3C(=O)c4ccccc4C3=O)c2)C1=O. The minimum atomic E-state index is -0.319. The number of fused-ring (bicyclic) bond motifs is 2. The summed E-state index contributed by atoms with van der Waals surface area (Å²) < 4.78 is 0. The fourth-order valence-electron chi connectivity index (χ4n) is 5.77. The molecule has 0 saturated heterocycles. The molecule has 1 aromatic heterocycles. The van der Waals surface area contributed by atoms with Crippen LogP contribution in [0.3, 0.4) is 0 Å². The Morgan fingerprint density at radius 3 is 2.29 bits per heavy atom. The Morgan fingerprint density at radius 1 is 0.844 bits per heavy atom. The van der Waals surface area contributed by atoms with Crippen LogP contribution >= 0.6 is 11.6 Å². The second-order valence-corrected chi connectivity index (χ2v) is 11.3. The van der Waals surface area contributed by atoms with Crippen molar-refractivity contribution in [1.29, 1.82) is 0 Å². The van der Waals surface area contributed by atoms with E-state index in [4.69, 9.17) is 16.6 Å². The van der Waals surface area contributed by atoms with Gasteiger partial charge in [-0.15, -0.1) is 0 Å². The predicted molar refractivity (Wildman–Crippen MR) is 174 cm³/mol. The van der Waals surface area contributed by atoms with Crippen LogP contribution < -0.4 is 15.1 Å². The zero-order valence-corrected chi connectivity index (χ0v) is 25.0. The van der Waals surface area contributed by atoms with Gasteiger partial charge >= 0.3 is 6.03 Å². The number of hydrogen-bond donors (Lipinski definition) is 1. The molecule has 0 radical (unpaired) electrons. The Bertz CT molecular complexity index is 1930. The number of urea groups is 1. The number of nitrogens with one attached hydrogen (secondary N) is 1. The number of amides is 4. The van der Waals surface area contributed by atoms with Crippen LogP contribution in [0.1, 0.15) is 37.4 Å². The lowest BCUT2D eigenvalue weighted by Gasteiger charge is -2.37. The Morgan fingerprint density at radius 2 is 1.56 bits per heavy atom. The molecule has 5 aromatic rings. The number of imide groups is 1. The van der Waals surface area contributed by atoms with Crippen LogP contribution in [0.4, 0.5) is 33.6 Å². The number of carbonyl (C=O) groups is 3. The monoisotopic (exact) mass is 614 g/mol. The van der Waals surface area contributed by atoms with Gasteiger partial charge in [-0.3, -0.25) is 19.4 Å². The number of nitrogens with zero attached hydrogens (tertiary/aromatic N) is 5. The molecule has 2 aliphatic heterocycles. The average molecular weight is 615 g/mol. The van der Waals surface area contributed by atoms with Gasteiger partial charge in [-0.2, -0.15) is 4.98 Å². The van der Waals surface area contributed by atoms with Crippen LogP contribution in [0, 0.1) is 6.92 Å². The maximum Gasteiger partial charge on any atom is 0.335 e. The molecule has 0 fully saturated rings. The normalized spacial score (nSPS) is 14.1. The molecule has 0 saturated carbocycles. The van der Waals surface area contributed by atoms with E-state index >= 15 is 0 Å². The standard InChI is InChI=1S/C35H27ClN6O3/c1-22-9-7-16-29(36)30(22)41-21-24-20-37-34(38-25-11-3-2-4-12-25)39-31(24)42(35(41)45)26-13-8-10-23(19-26)17-18-40-32(43)27-14-5-6-15-28(27)33(40)44/h2-16,19-20H,17-18,21H2,1H3,(H,37,38,39). The molecular weight excluding hydrogens is 588 g/mol. The van der Waals surface area contributed by atoms with Gasteiger partial charge < -0.3 is 5.32 Å². The Kier molecular flexibility index (Phi) is 7.23. The molecule has 4 aromatic carbocycles. The van der Waals surface area contributed by atoms with E-state index in [0.717, 1.165) is 22.4 Å². The van der Waals surface area contributed by atoms with E-state index in [2.05, 4.69) is 10.3 Å². The minimum Gasteiger partial charge on any atom is -0.324 e. The molecule has 1 N–H and O–H groups in total. The van der Waals surface area contributed by atoms with Gasteiger partial charge in [-0.05, 0) is 66.9 Å². The van der Waals surface area contributed by atoms with E-state index < -0.39 is 0 Å². The first-order valence-electron chi connectivity index (χ1n) is 14.5. The summed E-state index contributed by atoms with van der Waals surface area (Å²) in [6.45, 7) is 2.36. The van der Waals surface area contributed by atoms with Crippen molar-refractivity contribution in [3.63, 3.8) is 0 Å². The van der Waals surface area contributed by atoms with Crippen LogP contribution in [0.5, 0.6) is 0 Å². The van der Waals surface area contributed by atoms with Gasteiger partial charge in [-0.25, -0.2) is 14.7 Å². The fourth-order valence-corrected chi connectivity index (χ4v) is 6.09. The summed E-state index contributed by atoms with van der Waals surface area (Å²) in [7, 11) is 0. The van der Waals surface area contributed by atoms with Crippen molar-refractivity contribution in [3.8, 4) is 0 Å². The molecule has 222 valence electrons. The summed E-state index contributed by atoms with van der Waals surface area (Å²) in [5, 5.41) is 3.68. The summed E-state index contributed by atoms with van der Waals surface area (Å²) in [6, 6.07) is 29.1. The Labute approximate surface area is 264 Å². The molecule has 9 nitrogen and oxygen atoms in total. The first-order valence-corrected chi connectivity index (χ1v) is 14.9. The summed E-state index contributed by atoms with van der Waals surface area (Å²) in [4.78, 5) is 54.0. The Balaban J connectivity index is 1.24. The summed E-state index contributed by atoms with van der Waals surface area (Å²) in [5.74, 6) is 0.203. The lowest BCUT2D eigenvalue weighted by atomic mass is 10.1. The molecule has 4 amide bonds. The van der Waals surface area contributed by atoms with E-state index in [1.165, 1.54) is 4.90 Å². The summed E-state index contributed by atoms with van der Waals surface area (Å²) in [6.07, 6.45) is 2.13. The zero-order valence-electron chi connectivity index (χ0n) is 24.3. The number of para-hydroxylation sites is 2. The molecule has 0 spiro atoms. The van der Waals surface area contributed by atoms with E-state index in [-0.39, 0.29) is 30.9 Å². The van der Waals surface area contributed by atoms with Gasteiger partial charge in [0.25, 0.3) is 11.8 Å². The number of halogens is 1. The van der Waals surface area contributed by atoms with E-state index in [0.29, 0.717) is 45.7 Å². The highest BCUT2D eigenvalue weighted by molar-refractivity contribution is 6.34. The maximum absolute atomic E-state index is 14.4. The van der Waals surface area contributed by atoms with Crippen molar-refractivity contribution in [2.24, 2.45) is 0 Å². The molecule has 3 heterocycles. The number of aromatic nitrogens is 2. The third-order valence-electron chi connectivity index (χ3n) is 7.96. The van der Waals surface area contributed by atoms with E-state index in [1.54, 1.807) is 46.3 Å². The predicted octanol–water partition coefficient (Wildman–Crippen LogP) is 7.30. The van der Waals surface area contributed by atoms with Gasteiger partial charge in [0.2, 0.25) is 5.95 Å². The van der Waals surface area contributed by atoms with Crippen LogP contribution in [0.2, 0.25) is 5.02 Å². The lowest BCUT2D eigenvalue weighted by molar-refractivity contribution is 0.0656. The van der Waals surface area contributed by atoms with Crippen molar-refractivity contribution in [3.05, 3.63) is 136 Å². The van der Waals surface area contributed by atoms with Crippen molar-refractivity contribution in [2.75, 3.05) is 21.7 Å². The number of rotatable bonds is 7. The summed E-state index contributed by atoms with van der Waals surface area (Å²) >= 11 is 6.64. The van der Waals surface area contributed by atoms with Crippen LogP contribution in [0.15, 0.2) is 103 Å². The second kappa shape index (κ2) is 11.5. The highest BCUT2D eigenvalue weighted by Gasteiger charge is 2.37. The molecule has 7 rings (SSSR count). The fraction of sp³-hybridized carbons (Fsp3) is 0.114. The molecule has 0 unspecified atom stereocenters. The average Bonchev–Trinajstić information content (AvgIpc) is 3.29. The molecular formula is C35H27ClN6O3. The first-order chi connectivity index (χ1) is 21.9. The van der Waals surface area contributed by atoms with Crippen LogP contribution in [0.25, 0.3) is 0 Å². The number of benzene rings is 4. The van der Waals surface area contributed by atoms with Crippen LogP contribution in [-0.4, -0.2) is 39.3 Å². The smallest absolute Gasteiger partial charge is 0.324 e. The van der Waals surface area contributed by atoms with Gasteiger partial charge in [0, 0.05) is 24.0 Å². The Hall–Kier alpha value is -5.54. The van der Waals surface area contributed by atoms with Crippen molar-refractivity contribution in [1.82, 2.24) is 14.9 Å². The lowest BCUT2D eigenvalue weighted by Crippen LogP contribution is -2.46. The summed E-state index contributed by atoms with van der Waals surface area (Å²) in [5.41, 5.74) is 5.30. The van der Waals surface area contributed by atoms with Gasteiger partial charge in [0.05, 0.1) is 34.1 Å². The van der Waals surface area contributed by atoms with E-state index in [9.17, 15) is 14.4 Å². The zero-order chi connectivity index (χ0) is 31.1. The quantitative estimate of drug-likeness (QED) is 0.193. The minimum absolute atomic E-state index is 0.207. The molecule has 45 heavy (non-hydrogen) atoms. The molecule has 10 heteroatoms. The third-order valence-corrected chi connectivity index (χ3v) is 8.27. The molecule has 2 aliphatic rings. The number of aryl methyl sites for hydroxylation is 1. The number of carbonyl (C=O) groups excluding carboxylic acids is 3. The third kappa shape index (κ3) is 5.17. The highest BCUT2D eigenvalue weighted by atomic mass is 35.5. The van der Waals surface area contributed by atoms with Gasteiger partial charge in [0.1, 0.15) is 0 Å². The highest BCUT2D eigenvalue weighted by Crippen LogP contribution is 2.40. The molecule has 0 aliphatic carbocycles. The number of hydrogen-bond acceptors (Lipinski definition) is 6. The van der Waals surface area contributed by atoms with Crippen molar-refractivity contribution in [2.45, 2.75) is 19.9 Å². The molecule has 0 bridgehead atoms. The van der Waals surface area contributed by atoms with Crippen molar-refractivity contribution >= 4 is 58.3 Å².